The minimum Gasteiger partial charge on any atom is -0.496 e. The number of carbonyl (C=O) groups is 2. The average Bonchev–Trinajstić information content (AvgIpc) is 3.10. The summed E-state index contributed by atoms with van der Waals surface area (Å²) in [6, 6.07) is 12.6. The maximum atomic E-state index is 12.3. The van der Waals surface area contributed by atoms with Gasteiger partial charge in [0.15, 0.2) is 5.16 Å². The topological polar surface area (TPSA) is 98.1 Å². The van der Waals surface area contributed by atoms with Crippen molar-refractivity contribution in [3.8, 4) is 11.4 Å². The first-order chi connectivity index (χ1) is 14.4. The highest BCUT2D eigenvalue weighted by Crippen LogP contribution is 2.23. The van der Waals surface area contributed by atoms with Gasteiger partial charge in [0.25, 0.3) is 5.91 Å². The fourth-order valence-electron chi connectivity index (χ4n) is 2.72. The molecule has 2 aromatic carbocycles. The van der Waals surface area contributed by atoms with Crippen LogP contribution in [0.15, 0.2) is 47.6 Å². The minimum absolute atomic E-state index is 0.0386. The zero-order valence-electron chi connectivity index (χ0n) is 16.6. The molecule has 0 radical (unpaired) electrons. The maximum Gasteiger partial charge on any atom is 0.273 e. The summed E-state index contributed by atoms with van der Waals surface area (Å²) in [5.41, 5.74) is 6.98. The van der Waals surface area contributed by atoms with Crippen LogP contribution >= 0.6 is 23.4 Å². The van der Waals surface area contributed by atoms with Crippen LogP contribution < -0.4 is 15.6 Å². The molecule has 2 N–H and O–H groups in total. The molecule has 0 aliphatic rings. The van der Waals surface area contributed by atoms with Gasteiger partial charge < -0.3 is 4.74 Å². The summed E-state index contributed by atoms with van der Waals surface area (Å²) < 4.78 is 7.02. The molecular weight excluding hydrogens is 426 g/mol. The van der Waals surface area contributed by atoms with Crippen LogP contribution in [0.2, 0.25) is 5.02 Å². The van der Waals surface area contributed by atoms with E-state index in [2.05, 4.69) is 21.0 Å². The van der Waals surface area contributed by atoms with Crippen molar-refractivity contribution in [2.45, 2.75) is 19.0 Å². The monoisotopic (exact) mass is 445 g/mol. The third-order valence-electron chi connectivity index (χ3n) is 4.11. The van der Waals surface area contributed by atoms with Gasteiger partial charge in [0.1, 0.15) is 11.6 Å². The Morgan fingerprint density at radius 3 is 2.67 bits per heavy atom. The summed E-state index contributed by atoms with van der Waals surface area (Å²) >= 11 is 7.15. The van der Waals surface area contributed by atoms with Gasteiger partial charge in [-0.1, -0.05) is 35.5 Å². The second-order valence-corrected chi connectivity index (χ2v) is 7.72. The lowest BCUT2D eigenvalue weighted by atomic mass is 10.2. The molecule has 156 valence electrons. The van der Waals surface area contributed by atoms with Gasteiger partial charge in [-0.25, -0.2) is 0 Å². The third kappa shape index (κ3) is 5.11. The molecule has 3 aromatic rings. The van der Waals surface area contributed by atoms with E-state index in [1.54, 1.807) is 12.1 Å². The molecule has 0 spiro atoms. The first-order valence-corrected chi connectivity index (χ1v) is 10.3. The van der Waals surface area contributed by atoms with Crippen molar-refractivity contribution in [2.24, 2.45) is 0 Å². The number of benzene rings is 2. The molecule has 0 bridgehead atoms. The van der Waals surface area contributed by atoms with Crippen LogP contribution in [0.3, 0.4) is 0 Å². The van der Waals surface area contributed by atoms with Crippen LogP contribution in [0.25, 0.3) is 5.69 Å². The van der Waals surface area contributed by atoms with Gasteiger partial charge in [-0.15, -0.1) is 10.2 Å². The number of aryl methyl sites for hydroxylation is 2. The van der Waals surface area contributed by atoms with Gasteiger partial charge in [0, 0.05) is 10.7 Å². The predicted octanol–water partition coefficient (Wildman–Crippen LogP) is 3.10. The Labute approximate surface area is 182 Å². The lowest BCUT2D eigenvalue weighted by Crippen LogP contribution is -2.42. The van der Waals surface area contributed by atoms with Gasteiger partial charge in [0.2, 0.25) is 5.91 Å². The van der Waals surface area contributed by atoms with Crippen molar-refractivity contribution in [3.63, 3.8) is 0 Å². The zero-order valence-corrected chi connectivity index (χ0v) is 18.2. The van der Waals surface area contributed by atoms with Crippen LogP contribution in [0.5, 0.6) is 5.75 Å². The molecule has 0 aliphatic heterocycles. The number of methoxy groups -OCH3 is 1. The van der Waals surface area contributed by atoms with Crippen LogP contribution in [0, 0.1) is 13.8 Å². The molecule has 2 amide bonds. The number of hydrazine groups is 1. The summed E-state index contributed by atoms with van der Waals surface area (Å²) in [6.45, 7) is 3.85. The lowest BCUT2D eigenvalue weighted by Gasteiger charge is -2.11. The molecule has 0 unspecified atom stereocenters. The van der Waals surface area contributed by atoms with E-state index in [0.29, 0.717) is 21.8 Å². The molecule has 30 heavy (non-hydrogen) atoms. The van der Waals surface area contributed by atoms with E-state index in [1.807, 2.05) is 42.7 Å². The Bertz CT molecular complexity index is 1090. The molecule has 8 nitrogen and oxygen atoms in total. The van der Waals surface area contributed by atoms with Crippen molar-refractivity contribution >= 4 is 35.2 Å². The molecule has 1 aromatic heterocycles. The van der Waals surface area contributed by atoms with Gasteiger partial charge >= 0.3 is 0 Å². The number of amides is 2. The zero-order chi connectivity index (χ0) is 21.7. The fourth-order valence-corrected chi connectivity index (χ4v) is 3.69. The molecule has 0 saturated heterocycles. The third-order valence-corrected chi connectivity index (χ3v) is 5.27. The Hall–Kier alpha value is -3.04. The summed E-state index contributed by atoms with van der Waals surface area (Å²) in [5.74, 6) is 0.168. The van der Waals surface area contributed by atoms with E-state index in [9.17, 15) is 9.59 Å². The fraction of sp³-hybridized carbons (Fsp3) is 0.200. The predicted molar refractivity (Wildman–Crippen MR) is 115 cm³/mol. The summed E-state index contributed by atoms with van der Waals surface area (Å²) in [5, 5.41) is 9.22. The molecule has 1 heterocycles. The Kier molecular flexibility index (Phi) is 6.96. The van der Waals surface area contributed by atoms with E-state index >= 15 is 0 Å². The molecule has 10 heteroatoms. The number of nitrogens with zero attached hydrogens (tertiary/aromatic N) is 3. The van der Waals surface area contributed by atoms with Crippen molar-refractivity contribution in [3.05, 3.63) is 64.4 Å². The maximum absolute atomic E-state index is 12.3. The number of carbonyl (C=O) groups excluding carboxylic acids is 2. The van der Waals surface area contributed by atoms with Crippen molar-refractivity contribution in [1.82, 2.24) is 25.6 Å². The number of halogens is 1. The minimum atomic E-state index is -0.536. The lowest BCUT2D eigenvalue weighted by molar-refractivity contribution is -0.119. The second-order valence-electron chi connectivity index (χ2n) is 6.34. The number of hydrogen-bond acceptors (Lipinski definition) is 6. The molecule has 3 rings (SSSR count). The number of nitrogens with one attached hydrogen (secondary N) is 2. The van der Waals surface area contributed by atoms with Crippen LogP contribution in [-0.2, 0) is 4.79 Å². The molecule has 0 atom stereocenters. The van der Waals surface area contributed by atoms with Gasteiger partial charge in [0.05, 0.1) is 18.4 Å². The Morgan fingerprint density at radius 1 is 1.13 bits per heavy atom. The van der Waals surface area contributed by atoms with Crippen molar-refractivity contribution in [1.29, 1.82) is 0 Å². The van der Waals surface area contributed by atoms with Gasteiger partial charge in [-0.3, -0.25) is 25.0 Å². The normalized spacial score (nSPS) is 10.5. The second kappa shape index (κ2) is 9.64. The highest BCUT2D eigenvalue weighted by atomic mass is 35.5. The number of rotatable bonds is 6. The molecule has 0 saturated carbocycles. The van der Waals surface area contributed by atoms with E-state index in [0.717, 1.165) is 11.3 Å². The highest BCUT2D eigenvalue weighted by molar-refractivity contribution is 7.99. The van der Waals surface area contributed by atoms with Crippen LogP contribution in [-0.4, -0.2) is 39.4 Å². The summed E-state index contributed by atoms with van der Waals surface area (Å²) in [4.78, 5) is 24.6. The van der Waals surface area contributed by atoms with Crippen LogP contribution in [0.1, 0.15) is 21.7 Å². The first kappa shape index (κ1) is 21.7. The Balaban J connectivity index is 1.61. The number of hydrogen-bond donors (Lipinski definition) is 2. The van der Waals surface area contributed by atoms with E-state index in [1.165, 1.54) is 24.9 Å². The van der Waals surface area contributed by atoms with Crippen molar-refractivity contribution < 1.29 is 14.3 Å². The molecule has 0 aliphatic carbocycles. The highest BCUT2D eigenvalue weighted by Gasteiger charge is 2.16. The molecular formula is C20H20ClN5O3S. The van der Waals surface area contributed by atoms with Crippen LogP contribution in [0.4, 0.5) is 0 Å². The number of aromatic nitrogens is 3. The quantitative estimate of drug-likeness (QED) is 0.447. The smallest absolute Gasteiger partial charge is 0.273 e. The SMILES string of the molecule is COc1ccc(Cl)cc1C(=O)NNC(=O)CSc1nnc(C)n1-c1cccc(C)c1. The average molecular weight is 446 g/mol. The molecule has 0 fully saturated rings. The standard InChI is InChI=1S/C20H20ClN5O3S/c1-12-5-4-6-15(9-12)26-13(2)22-25-20(26)30-11-18(27)23-24-19(28)16-10-14(21)7-8-17(16)29-3/h4-10H,11H2,1-3H3,(H,23,27)(H,24,28). The first-order valence-electron chi connectivity index (χ1n) is 8.93. The van der Waals surface area contributed by atoms with Gasteiger partial charge in [-0.05, 0) is 49.7 Å². The summed E-state index contributed by atoms with van der Waals surface area (Å²) in [6.07, 6.45) is 0. The van der Waals surface area contributed by atoms with Crippen molar-refractivity contribution in [2.75, 3.05) is 12.9 Å². The summed E-state index contributed by atoms with van der Waals surface area (Å²) in [7, 11) is 1.45. The largest absolute Gasteiger partial charge is 0.496 e. The number of thioether (sulfide) groups is 1. The van der Waals surface area contributed by atoms with E-state index < -0.39 is 11.8 Å². The number of ether oxygens (including phenoxy) is 1. The van der Waals surface area contributed by atoms with Gasteiger partial charge in [-0.2, -0.15) is 0 Å². The van der Waals surface area contributed by atoms with E-state index in [4.69, 9.17) is 16.3 Å². The Morgan fingerprint density at radius 2 is 1.93 bits per heavy atom. The van der Waals surface area contributed by atoms with E-state index in [-0.39, 0.29) is 11.3 Å².